The van der Waals surface area contributed by atoms with Crippen molar-refractivity contribution in [1.29, 1.82) is 0 Å². The highest BCUT2D eigenvalue weighted by atomic mass is 32.1. The van der Waals surface area contributed by atoms with Crippen LogP contribution >= 0.6 is 22.7 Å². The van der Waals surface area contributed by atoms with E-state index in [1.807, 2.05) is 17.4 Å². The van der Waals surface area contributed by atoms with Gasteiger partial charge in [-0.15, -0.1) is 22.7 Å². The van der Waals surface area contributed by atoms with E-state index in [0.29, 0.717) is 0 Å². The van der Waals surface area contributed by atoms with Crippen LogP contribution in [0.15, 0.2) is 199 Å². The van der Waals surface area contributed by atoms with Crippen molar-refractivity contribution in [3.63, 3.8) is 0 Å². The number of anilines is 3. The third-order valence-corrected chi connectivity index (χ3v) is 13.5. The van der Waals surface area contributed by atoms with Gasteiger partial charge in [0.1, 0.15) is 16.2 Å². The molecule has 0 atom stereocenters. The molecule has 5 heteroatoms. The molecule has 0 radical (unpaired) electrons. The number of rotatable bonds is 6. The molecule has 9 aromatic carbocycles. The molecule has 0 N–H and O–H groups in total. The second-order valence-corrected chi connectivity index (χ2v) is 16.8. The first-order valence-corrected chi connectivity index (χ1v) is 21.1. The lowest BCUT2D eigenvalue weighted by atomic mass is 9.98. The smallest absolute Gasteiger partial charge is 0.137 e. The zero-order valence-electron chi connectivity index (χ0n) is 31.1. The Morgan fingerprint density at radius 2 is 1.07 bits per heavy atom. The van der Waals surface area contributed by atoms with Gasteiger partial charge in [0.25, 0.3) is 0 Å². The van der Waals surface area contributed by atoms with E-state index >= 15 is 0 Å². The molecular weight excluding hydrogens is 745 g/mol. The highest BCUT2D eigenvalue weighted by Gasteiger charge is 2.18. The SMILES string of the molecule is c1ccc(-c2nc3c(ccc4oc5cc(-c6ccc(N(c7ccc(-c8cccc9ccccc89)cc7)c7ccc8sc9ccccc9c8c7)cc6)ccc5c43)s2)cc1. The second-order valence-electron chi connectivity index (χ2n) is 14.7. The zero-order chi connectivity index (χ0) is 38.2. The third-order valence-electron chi connectivity index (χ3n) is 11.3. The van der Waals surface area contributed by atoms with Crippen LogP contribution in [0.2, 0.25) is 0 Å². The first-order chi connectivity index (χ1) is 28.7. The Morgan fingerprint density at radius 1 is 0.397 bits per heavy atom. The molecule has 0 spiro atoms. The molecule has 0 saturated heterocycles. The van der Waals surface area contributed by atoms with Gasteiger partial charge in [-0.1, -0.05) is 121 Å². The fourth-order valence-electron chi connectivity index (χ4n) is 8.51. The van der Waals surface area contributed by atoms with Crippen LogP contribution in [0.5, 0.6) is 0 Å². The van der Waals surface area contributed by atoms with Gasteiger partial charge in [-0.3, -0.25) is 0 Å². The number of thiophene rings is 1. The summed E-state index contributed by atoms with van der Waals surface area (Å²) in [4.78, 5) is 7.47. The fraction of sp³-hybridized carbons (Fsp3) is 0. The maximum atomic E-state index is 6.50. The van der Waals surface area contributed by atoms with E-state index in [1.165, 1.54) is 42.1 Å². The summed E-state index contributed by atoms with van der Waals surface area (Å²) in [5.41, 5.74) is 11.8. The maximum Gasteiger partial charge on any atom is 0.137 e. The van der Waals surface area contributed by atoms with E-state index in [0.717, 1.165) is 70.9 Å². The van der Waals surface area contributed by atoms with Gasteiger partial charge in [0.05, 0.1) is 15.6 Å². The Hall–Kier alpha value is -7.05. The number of nitrogens with zero attached hydrogens (tertiary/aromatic N) is 2. The zero-order valence-corrected chi connectivity index (χ0v) is 32.7. The number of aromatic nitrogens is 1. The van der Waals surface area contributed by atoms with Gasteiger partial charge < -0.3 is 9.32 Å². The van der Waals surface area contributed by atoms with Gasteiger partial charge in [0.15, 0.2) is 0 Å². The second kappa shape index (κ2) is 13.3. The van der Waals surface area contributed by atoms with Gasteiger partial charge in [-0.2, -0.15) is 0 Å². The van der Waals surface area contributed by atoms with E-state index in [9.17, 15) is 0 Å². The van der Waals surface area contributed by atoms with Crippen LogP contribution in [0, 0.1) is 0 Å². The van der Waals surface area contributed by atoms with Crippen LogP contribution in [-0.4, -0.2) is 4.98 Å². The highest BCUT2D eigenvalue weighted by molar-refractivity contribution is 7.25. The van der Waals surface area contributed by atoms with Crippen molar-refractivity contribution in [2.24, 2.45) is 0 Å². The van der Waals surface area contributed by atoms with Gasteiger partial charge in [0.2, 0.25) is 0 Å². The molecule has 3 heterocycles. The van der Waals surface area contributed by atoms with Gasteiger partial charge >= 0.3 is 0 Å². The summed E-state index contributed by atoms with van der Waals surface area (Å²) in [5, 5.41) is 8.25. The third kappa shape index (κ3) is 5.43. The number of fused-ring (bicyclic) bond motifs is 9. The molecule has 0 bridgehead atoms. The van der Waals surface area contributed by atoms with Crippen LogP contribution in [0.3, 0.4) is 0 Å². The minimum absolute atomic E-state index is 0.859. The number of furan rings is 1. The number of thiazole rings is 1. The largest absolute Gasteiger partial charge is 0.456 e. The minimum atomic E-state index is 0.859. The molecule has 0 unspecified atom stereocenters. The molecule has 0 aliphatic heterocycles. The van der Waals surface area contributed by atoms with E-state index < -0.39 is 0 Å². The molecule has 0 saturated carbocycles. The van der Waals surface area contributed by atoms with Crippen molar-refractivity contribution in [2.75, 3.05) is 4.90 Å². The number of benzene rings is 9. The van der Waals surface area contributed by atoms with Crippen LogP contribution in [0.4, 0.5) is 17.1 Å². The highest BCUT2D eigenvalue weighted by Crippen LogP contribution is 2.43. The van der Waals surface area contributed by atoms with E-state index in [1.54, 1.807) is 11.3 Å². The van der Waals surface area contributed by atoms with E-state index in [4.69, 9.17) is 9.40 Å². The Balaban J connectivity index is 0.936. The lowest BCUT2D eigenvalue weighted by Crippen LogP contribution is -2.09. The van der Waals surface area contributed by atoms with E-state index in [2.05, 4.69) is 193 Å². The molecule has 12 rings (SSSR count). The first kappa shape index (κ1) is 33.1. The van der Waals surface area contributed by atoms with E-state index in [-0.39, 0.29) is 0 Å². The van der Waals surface area contributed by atoms with Crippen molar-refractivity contribution < 1.29 is 4.42 Å². The fourth-order valence-corrected chi connectivity index (χ4v) is 10.6. The van der Waals surface area contributed by atoms with Crippen LogP contribution in [-0.2, 0) is 0 Å². The summed E-state index contributed by atoms with van der Waals surface area (Å²) in [6.45, 7) is 0. The lowest BCUT2D eigenvalue weighted by Gasteiger charge is -2.26. The minimum Gasteiger partial charge on any atom is -0.456 e. The topological polar surface area (TPSA) is 29.3 Å². The Bertz CT molecular complexity index is 3500. The van der Waals surface area contributed by atoms with Gasteiger partial charge in [0, 0.05) is 48.2 Å². The molecule has 272 valence electrons. The molecule has 12 aromatic rings. The standard InChI is InChI=1S/C53H32N2OS2/c1-2-10-36(11-3-1)53-54-52-50(58-53)30-28-46-51(52)44-27-21-37(31-47(44)56-46)33-17-22-38(23-18-33)55(40-26-29-49-45(32-40)43-14-6-7-16-48(43)57-49)39-24-19-35(20-25-39)42-15-8-12-34-9-4-5-13-41(34)42/h1-32H. The molecule has 0 amide bonds. The molecular formula is C53H32N2OS2. The number of hydrogen-bond donors (Lipinski definition) is 0. The molecule has 58 heavy (non-hydrogen) atoms. The van der Waals surface area contributed by atoms with Gasteiger partial charge in [-0.05, 0) is 106 Å². The first-order valence-electron chi connectivity index (χ1n) is 19.4. The van der Waals surface area contributed by atoms with Gasteiger partial charge in [-0.25, -0.2) is 4.98 Å². The molecule has 0 aliphatic rings. The average molecular weight is 777 g/mol. The molecule has 3 aromatic heterocycles. The molecule has 0 aliphatic carbocycles. The van der Waals surface area contributed by atoms with Crippen molar-refractivity contribution in [1.82, 2.24) is 4.98 Å². The molecule has 0 fully saturated rings. The summed E-state index contributed by atoms with van der Waals surface area (Å²) in [6, 6.07) is 69.8. The lowest BCUT2D eigenvalue weighted by molar-refractivity contribution is 0.669. The molecule has 3 nitrogen and oxygen atoms in total. The average Bonchev–Trinajstić information content (AvgIpc) is 4.00. The summed E-state index contributed by atoms with van der Waals surface area (Å²) in [7, 11) is 0. The van der Waals surface area contributed by atoms with Crippen molar-refractivity contribution >= 4 is 103 Å². The van der Waals surface area contributed by atoms with Crippen LogP contribution < -0.4 is 4.90 Å². The Morgan fingerprint density at radius 3 is 1.91 bits per heavy atom. The summed E-state index contributed by atoms with van der Waals surface area (Å²) < 4.78 is 10.3. The Kier molecular flexibility index (Phi) is 7.58. The van der Waals surface area contributed by atoms with Crippen LogP contribution in [0.1, 0.15) is 0 Å². The normalized spacial score (nSPS) is 11.8. The Labute approximate surface area is 342 Å². The van der Waals surface area contributed by atoms with Crippen molar-refractivity contribution in [3.05, 3.63) is 194 Å². The maximum absolute atomic E-state index is 6.50. The monoisotopic (exact) mass is 776 g/mol. The number of hydrogen-bond acceptors (Lipinski definition) is 5. The van der Waals surface area contributed by atoms with Crippen molar-refractivity contribution in [3.8, 4) is 32.8 Å². The predicted octanol–water partition coefficient (Wildman–Crippen LogP) is 16.2. The quantitative estimate of drug-likeness (QED) is 0.168. The van der Waals surface area contributed by atoms with Crippen LogP contribution in [0.25, 0.3) is 95.9 Å². The predicted molar refractivity (Wildman–Crippen MR) is 248 cm³/mol. The summed E-state index contributed by atoms with van der Waals surface area (Å²) >= 11 is 3.57. The van der Waals surface area contributed by atoms with Crippen molar-refractivity contribution in [2.45, 2.75) is 0 Å². The summed E-state index contributed by atoms with van der Waals surface area (Å²) in [5.74, 6) is 0. The summed E-state index contributed by atoms with van der Waals surface area (Å²) in [6.07, 6.45) is 0.